The molecule has 0 aliphatic carbocycles. The van der Waals surface area contributed by atoms with Crippen LogP contribution in [0, 0.1) is 19.7 Å². The molecule has 3 rings (SSSR count). The van der Waals surface area contributed by atoms with Gasteiger partial charge in [-0.05, 0) is 57.4 Å². The van der Waals surface area contributed by atoms with E-state index in [1.54, 1.807) is 12.1 Å². The van der Waals surface area contributed by atoms with Gasteiger partial charge in [0.2, 0.25) is 0 Å². The fourth-order valence-corrected chi connectivity index (χ4v) is 3.15. The molecule has 0 radical (unpaired) electrons. The van der Waals surface area contributed by atoms with Gasteiger partial charge in [0.1, 0.15) is 11.6 Å². The quantitative estimate of drug-likeness (QED) is 0.440. The first-order valence-corrected chi connectivity index (χ1v) is 9.28. The van der Waals surface area contributed by atoms with Gasteiger partial charge in [0.15, 0.2) is 5.96 Å². The van der Waals surface area contributed by atoms with Crippen LogP contribution in [0.3, 0.4) is 0 Å². The Morgan fingerprint density at radius 3 is 2.85 bits per heavy atom. The van der Waals surface area contributed by atoms with Gasteiger partial charge in [-0.2, -0.15) is 0 Å². The molecular weight excluding hydrogens is 345 g/mol. The number of H-pyrrole nitrogens is 1. The molecule has 0 saturated carbocycles. The second-order valence-electron chi connectivity index (χ2n) is 6.49. The van der Waals surface area contributed by atoms with Crippen LogP contribution in [-0.2, 0) is 12.8 Å². The number of aliphatic imine (C=N–C) groups is 1. The van der Waals surface area contributed by atoms with E-state index in [0.717, 1.165) is 58.8 Å². The first-order chi connectivity index (χ1) is 13.1. The first kappa shape index (κ1) is 18.9. The fourth-order valence-electron chi connectivity index (χ4n) is 3.15. The van der Waals surface area contributed by atoms with Gasteiger partial charge in [-0.15, -0.1) is 0 Å². The van der Waals surface area contributed by atoms with Crippen molar-refractivity contribution in [2.75, 3.05) is 19.6 Å². The summed E-state index contributed by atoms with van der Waals surface area (Å²) in [7, 11) is 0. The topological polar surface area (TPSA) is 78.2 Å². The van der Waals surface area contributed by atoms with E-state index in [4.69, 9.17) is 4.52 Å². The van der Waals surface area contributed by atoms with E-state index in [9.17, 15) is 4.39 Å². The summed E-state index contributed by atoms with van der Waals surface area (Å²) in [5, 5.41) is 11.5. The maximum Gasteiger partial charge on any atom is 0.191 e. The number of hydrogen-bond donors (Lipinski definition) is 3. The predicted molar refractivity (Wildman–Crippen MR) is 106 cm³/mol. The van der Waals surface area contributed by atoms with Crippen LogP contribution in [0.1, 0.15) is 29.5 Å². The fraction of sp³-hybridized carbons (Fsp3) is 0.400. The minimum Gasteiger partial charge on any atom is -0.361 e. The number of rotatable bonds is 7. The largest absolute Gasteiger partial charge is 0.361 e. The summed E-state index contributed by atoms with van der Waals surface area (Å²) >= 11 is 0. The standard InChI is InChI=1S/C20H26FN5O/c1-4-22-20(24-10-8-17-13(2)26-27-14(17)3)23-9-7-15-12-25-19-6-5-16(21)11-18(15)19/h5-6,11-12,25H,4,7-10H2,1-3H3,(H2,22,23,24). The molecule has 0 atom stereocenters. The van der Waals surface area contributed by atoms with E-state index in [0.29, 0.717) is 13.1 Å². The van der Waals surface area contributed by atoms with Crippen LogP contribution in [0.5, 0.6) is 0 Å². The Balaban J connectivity index is 1.56. The molecule has 3 N–H and O–H groups in total. The highest BCUT2D eigenvalue weighted by Crippen LogP contribution is 2.19. The summed E-state index contributed by atoms with van der Waals surface area (Å²) in [5.41, 5.74) is 4.08. The number of aromatic nitrogens is 2. The lowest BCUT2D eigenvalue weighted by Gasteiger charge is -2.11. The molecule has 0 saturated heterocycles. The number of hydrogen-bond acceptors (Lipinski definition) is 3. The molecule has 0 aliphatic rings. The van der Waals surface area contributed by atoms with Crippen molar-refractivity contribution in [3.63, 3.8) is 0 Å². The number of aromatic amines is 1. The molecule has 2 aromatic heterocycles. The van der Waals surface area contributed by atoms with Crippen LogP contribution in [0.2, 0.25) is 0 Å². The monoisotopic (exact) mass is 371 g/mol. The predicted octanol–water partition coefficient (Wildman–Crippen LogP) is 3.25. The molecule has 144 valence electrons. The van der Waals surface area contributed by atoms with Crippen molar-refractivity contribution in [2.24, 2.45) is 4.99 Å². The number of guanidine groups is 1. The Morgan fingerprint density at radius 1 is 1.26 bits per heavy atom. The van der Waals surface area contributed by atoms with Crippen molar-refractivity contribution in [1.29, 1.82) is 0 Å². The Kier molecular flexibility index (Phi) is 6.11. The average molecular weight is 371 g/mol. The van der Waals surface area contributed by atoms with Crippen LogP contribution < -0.4 is 10.6 Å². The van der Waals surface area contributed by atoms with E-state index >= 15 is 0 Å². The highest BCUT2D eigenvalue weighted by molar-refractivity contribution is 5.83. The zero-order chi connectivity index (χ0) is 19.2. The lowest BCUT2D eigenvalue weighted by molar-refractivity contribution is 0.392. The Labute approximate surface area is 158 Å². The normalized spacial score (nSPS) is 11.9. The van der Waals surface area contributed by atoms with E-state index in [2.05, 4.69) is 25.8 Å². The number of nitrogens with one attached hydrogen (secondary N) is 3. The van der Waals surface area contributed by atoms with Gasteiger partial charge in [-0.25, -0.2) is 4.39 Å². The van der Waals surface area contributed by atoms with Crippen molar-refractivity contribution in [2.45, 2.75) is 33.6 Å². The zero-order valence-electron chi connectivity index (χ0n) is 16.0. The van der Waals surface area contributed by atoms with Crippen molar-refractivity contribution < 1.29 is 8.91 Å². The number of fused-ring (bicyclic) bond motifs is 1. The van der Waals surface area contributed by atoms with E-state index in [1.165, 1.54) is 6.07 Å². The highest BCUT2D eigenvalue weighted by Gasteiger charge is 2.08. The number of halogens is 1. The summed E-state index contributed by atoms with van der Waals surface area (Å²) < 4.78 is 18.7. The Hall–Kier alpha value is -2.83. The molecule has 0 aliphatic heterocycles. The second kappa shape index (κ2) is 8.70. The molecule has 2 heterocycles. The van der Waals surface area contributed by atoms with Gasteiger partial charge in [0.05, 0.1) is 5.69 Å². The van der Waals surface area contributed by atoms with Gasteiger partial charge in [0, 0.05) is 42.3 Å². The molecule has 0 bridgehead atoms. The molecule has 7 heteroatoms. The maximum atomic E-state index is 13.5. The van der Waals surface area contributed by atoms with Crippen molar-refractivity contribution in [3.8, 4) is 0 Å². The Bertz CT molecular complexity index is 908. The lowest BCUT2D eigenvalue weighted by atomic mass is 10.1. The molecule has 3 aromatic rings. The second-order valence-corrected chi connectivity index (χ2v) is 6.49. The molecule has 0 unspecified atom stereocenters. The number of nitrogens with zero attached hydrogens (tertiary/aromatic N) is 2. The molecule has 6 nitrogen and oxygen atoms in total. The van der Waals surface area contributed by atoms with Gasteiger partial charge in [-0.3, -0.25) is 4.99 Å². The van der Waals surface area contributed by atoms with Gasteiger partial charge in [-0.1, -0.05) is 5.16 Å². The van der Waals surface area contributed by atoms with Gasteiger partial charge in [0.25, 0.3) is 0 Å². The van der Waals surface area contributed by atoms with E-state index in [-0.39, 0.29) is 5.82 Å². The van der Waals surface area contributed by atoms with Crippen molar-refractivity contribution >= 4 is 16.9 Å². The summed E-state index contributed by atoms with van der Waals surface area (Å²) in [4.78, 5) is 7.81. The minimum atomic E-state index is -0.217. The van der Waals surface area contributed by atoms with E-state index < -0.39 is 0 Å². The summed E-state index contributed by atoms with van der Waals surface area (Å²) in [6.45, 7) is 8.05. The van der Waals surface area contributed by atoms with Gasteiger partial charge < -0.3 is 20.1 Å². The van der Waals surface area contributed by atoms with Crippen LogP contribution in [0.25, 0.3) is 10.9 Å². The molecule has 0 spiro atoms. The zero-order valence-corrected chi connectivity index (χ0v) is 16.0. The molecule has 27 heavy (non-hydrogen) atoms. The summed E-state index contributed by atoms with van der Waals surface area (Å²) in [6, 6.07) is 4.81. The third-order valence-electron chi connectivity index (χ3n) is 4.57. The van der Waals surface area contributed by atoms with Crippen molar-refractivity contribution in [3.05, 3.63) is 52.8 Å². The third kappa shape index (κ3) is 4.67. The third-order valence-corrected chi connectivity index (χ3v) is 4.57. The smallest absolute Gasteiger partial charge is 0.191 e. The van der Waals surface area contributed by atoms with Crippen LogP contribution in [0.15, 0.2) is 33.9 Å². The first-order valence-electron chi connectivity index (χ1n) is 9.28. The molecular formula is C20H26FN5O. The van der Waals surface area contributed by atoms with E-state index in [1.807, 2.05) is 27.0 Å². The number of benzene rings is 1. The number of aryl methyl sites for hydroxylation is 2. The lowest BCUT2D eigenvalue weighted by Crippen LogP contribution is -2.38. The summed E-state index contributed by atoms with van der Waals surface area (Å²) in [6.07, 6.45) is 3.50. The minimum absolute atomic E-state index is 0.217. The average Bonchev–Trinajstić information content (AvgIpc) is 3.19. The van der Waals surface area contributed by atoms with Gasteiger partial charge >= 0.3 is 0 Å². The Morgan fingerprint density at radius 2 is 2.11 bits per heavy atom. The SMILES string of the molecule is CCNC(=NCCc1c(C)noc1C)NCCc1c[nH]c2ccc(F)cc12. The van der Waals surface area contributed by atoms with Crippen LogP contribution in [0.4, 0.5) is 4.39 Å². The summed E-state index contributed by atoms with van der Waals surface area (Å²) in [5.74, 6) is 1.41. The van der Waals surface area contributed by atoms with Crippen molar-refractivity contribution in [1.82, 2.24) is 20.8 Å². The van der Waals surface area contributed by atoms with Crippen LogP contribution in [-0.4, -0.2) is 35.7 Å². The molecule has 0 fully saturated rings. The molecule has 1 aromatic carbocycles. The highest BCUT2D eigenvalue weighted by atomic mass is 19.1. The van der Waals surface area contributed by atoms with Crippen LogP contribution >= 0.6 is 0 Å². The maximum absolute atomic E-state index is 13.5. The molecule has 0 amide bonds.